The molecule has 2 nitrogen and oxygen atoms in total. The van der Waals surface area contributed by atoms with Gasteiger partial charge in [0.25, 0.3) is 0 Å². The second kappa shape index (κ2) is 2.67. The average Bonchev–Trinajstić information content (AvgIpc) is 2.36. The summed E-state index contributed by atoms with van der Waals surface area (Å²) in [5.74, 6) is 0. The van der Waals surface area contributed by atoms with Crippen LogP contribution < -0.4 is 0 Å². The first-order valence-corrected chi connectivity index (χ1v) is 5.28. The van der Waals surface area contributed by atoms with E-state index in [1.54, 1.807) is 0 Å². The Morgan fingerprint density at radius 2 is 1.56 bits per heavy atom. The molecule has 0 unspecified atom stereocenters. The standard InChI is InChI=1S/C14H8N2/c1-2-9-4-5-12-14-10(6-7-15-12)8-16-11(3-1)13(9)14/h1-8H. The number of nitrogens with zero attached hydrogens (tertiary/aromatic N) is 2. The van der Waals surface area contributed by atoms with Crippen molar-refractivity contribution in [3.05, 3.63) is 48.8 Å². The van der Waals surface area contributed by atoms with Crippen LogP contribution in [0.5, 0.6) is 0 Å². The fourth-order valence-corrected chi connectivity index (χ4v) is 2.38. The van der Waals surface area contributed by atoms with Crippen LogP contribution in [-0.4, -0.2) is 9.97 Å². The van der Waals surface area contributed by atoms with Crippen molar-refractivity contribution in [2.45, 2.75) is 0 Å². The van der Waals surface area contributed by atoms with Crippen molar-refractivity contribution in [1.29, 1.82) is 0 Å². The van der Waals surface area contributed by atoms with E-state index in [1.807, 2.05) is 30.6 Å². The van der Waals surface area contributed by atoms with Gasteiger partial charge in [-0.15, -0.1) is 0 Å². The lowest BCUT2D eigenvalue weighted by Crippen LogP contribution is -1.87. The molecule has 2 heterocycles. The molecule has 0 aliphatic rings. The molecule has 0 bridgehead atoms. The topological polar surface area (TPSA) is 25.8 Å². The van der Waals surface area contributed by atoms with Crippen LogP contribution >= 0.6 is 0 Å². The molecule has 0 fully saturated rings. The highest BCUT2D eigenvalue weighted by Crippen LogP contribution is 2.31. The van der Waals surface area contributed by atoms with Crippen LogP contribution in [0.2, 0.25) is 0 Å². The molecule has 2 aromatic heterocycles. The van der Waals surface area contributed by atoms with Gasteiger partial charge in [-0.05, 0) is 23.6 Å². The van der Waals surface area contributed by atoms with E-state index in [0.717, 1.165) is 16.4 Å². The molecule has 0 spiro atoms. The second-order valence-corrected chi connectivity index (χ2v) is 3.99. The zero-order valence-corrected chi connectivity index (χ0v) is 8.51. The monoisotopic (exact) mass is 204 g/mol. The van der Waals surface area contributed by atoms with Gasteiger partial charge in [0.15, 0.2) is 0 Å². The molecule has 0 N–H and O–H groups in total. The van der Waals surface area contributed by atoms with Crippen molar-refractivity contribution >= 4 is 32.6 Å². The predicted octanol–water partition coefficient (Wildman–Crippen LogP) is 3.37. The minimum absolute atomic E-state index is 1.05. The normalized spacial score (nSPS) is 11.8. The van der Waals surface area contributed by atoms with Gasteiger partial charge in [-0.2, -0.15) is 0 Å². The summed E-state index contributed by atoms with van der Waals surface area (Å²) in [7, 11) is 0. The summed E-state index contributed by atoms with van der Waals surface area (Å²) in [4.78, 5) is 8.89. The van der Waals surface area contributed by atoms with Gasteiger partial charge in [-0.3, -0.25) is 9.97 Å². The Labute approximate surface area is 91.9 Å². The van der Waals surface area contributed by atoms with Gasteiger partial charge in [-0.1, -0.05) is 18.2 Å². The molecule has 0 radical (unpaired) electrons. The molecule has 0 aliphatic heterocycles. The van der Waals surface area contributed by atoms with Crippen molar-refractivity contribution < 1.29 is 0 Å². The molecule has 2 aromatic carbocycles. The van der Waals surface area contributed by atoms with Gasteiger partial charge in [0, 0.05) is 28.6 Å². The number of hydrogen-bond donors (Lipinski definition) is 0. The quantitative estimate of drug-likeness (QED) is 0.410. The maximum Gasteiger partial charge on any atom is 0.0715 e. The Morgan fingerprint density at radius 1 is 0.688 bits per heavy atom. The van der Waals surface area contributed by atoms with Gasteiger partial charge in [-0.25, -0.2) is 0 Å². The molecule has 0 saturated carbocycles. The summed E-state index contributed by atoms with van der Waals surface area (Å²) in [6.07, 6.45) is 3.76. The molecule has 0 saturated heterocycles. The lowest BCUT2D eigenvalue weighted by molar-refractivity contribution is 1.40. The third-order valence-electron chi connectivity index (χ3n) is 3.10. The van der Waals surface area contributed by atoms with Crippen LogP contribution in [-0.2, 0) is 0 Å². The molecule has 74 valence electrons. The van der Waals surface area contributed by atoms with Crippen molar-refractivity contribution in [3.63, 3.8) is 0 Å². The molecule has 2 heteroatoms. The zero-order chi connectivity index (χ0) is 10.5. The van der Waals surface area contributed by atoms with Crippen molar-refractivity contribution in [3.8, 4) is 0 Å². The molecule has 16 heavy (non-hydrogen) atoms. The highest BCUT2D eigenvalue weighted by atomic mass is 14.7. The number of benzene rings is 2. The summed E-state index contributed by atoms with van der Waals surface area (Å²) in [6, 6.07) is 12.4. The maximum absolute atomic E-state index is 4.48. The van der Waals surface area contributed by atoms with Crippen molar-refractivity contribution in [2.24, 2.45) is 0 Å². The number of hydrogen-bond acceptors (Lipinski definition) is 2. The minimum Gasteiger partial charge on any atom is -0.256 e. The fourth-order valence-electron chi connectivity index (χ4n) is 2.38. The first-order chi connectivity index (χ1) is 7.93. The van der Waals surface area contributed by atoms with Crippen LogP contribution in [0.3, 0.4) is 0 Å². The van der Waals surface area contributed by atoms with Crippen LogP contribution in [0.15, 0.2) is 48.8 Å². The molecule has 4 aromatic rings. The third kappa shape index (κ3) is 0.865. The average molecular weight is 204 g/mol. The first-order valence-electron chi connectivity index (χ1n) is 5.28. The predicted molar refractivity (Wildman–Crippen MR) is 65.7 cm³/mol. The Bertz CT molecular complexity index is 675. The molecular formula is C14H8N2. The van der Waals surface area contributed by atoms with Gasteiger partial charge >= 0.3 is 0 Å². The van der Waals surface area contributed by atoms with Crippen LogP contribution in [0.4, 0.5) is 0 Å². The van der Waals surface area contributed by atoms with Crippen LogP contribution in [0, 0.1) is 0 Å². The lowest BCUT2D eigenvalue weighted by atomic mass is 10.0. The minimum atomic E-state index is 1.05. The summed E-state index contributed by atoms with van der Waals surface area (Å²) in [5, 5.41) is 4.85. The molecule has 0 aliphatic carbocycles. The first kappa shape index (κ1) is 7.99. The summed E-state index contributed by atoms with van der Waals surface area (Å²) in [5.41, 5.74) is 2.09. The summed E-state index contributed by atoms with van der Waals surface area (Å²) >= 11 is 0. The van der Waals surface area contributed by atoms with E-state index < -0.39 is 0 Å². The Hall–Kier alpha value is -2.22. The van der Waals surface area contributed by atoms with E-state index in [-0.39, 0.29) is 0 Å². The Kier molecular flexibility index (Phi) is 1.33. The molecule has 0 atom stereocenters. The number of rotatable bonds is 0. The Balaban J connectivity index is 2.51. The smallest absolute Gasteiger partial charge is 0.0715 e. The van der Waals surface area contributed by atoms with E-state index in [9.17, 15) is 0 Å². The number of aromatic nitrogens is 2. The van der Waals surface area contributed by atoms with E-state index in [4.69, 9.17) is 0 Å². The van der Waals surface area contributed by atoms with Crippen LogP contribution in [0.1, 0.15) is 0 Å². The van der Waals surface area contributed by atoms with Crippen molar-refractivity contribution in [2.75, 3.05) is 0 Å². The summed E-state index contributed by atoms with van der Waals surface area (Å²) in [6.45, 7) is 0. The highest BCUT2D eigenvalue weighted by molar-refractivity contribution is 6.20. The second-order valence-electron chi connectivity index (χ2n) is 3.99. The largest absolute Gasteiger partial charge is 0.256 e. The molecular weight excluding hydrogens is 196 g/mol. The van der Waals surface area contributed by atoms with Crippen LogP contribution in [0.25, 0.3) is 32.6 Å². The SMILES string of the molecule is c1cc2ccc3nccc4cnc(c1)c2c43. The number of pyridine rings is 2. The zero-order valence-electron chi connectivity index (χ0n) is 8.51. The van der Waals surface area contributed by atoms with E-state index in [1.165, 1.54) is 16.2 Å². The highest BCUT2D eigenvalue weighted by Gasteiger charge is 2.07. The molecule has 4 rings (SSSR count). The van der Waals surface area contributed by atoms with E-state index >= 15 is 0 Å². The maximum atomic E-state index is 4.48. The van der Waals surface area contributed by atoms with Gasteiger partial charge in [0.1, 0.15) is 0 Å². The Morgan fingerprint density at radius 3 is 2.56 bits per heavy atom. The van der Waals surface area contributed by atoms with E-state index in [0.29, 0.717) is 0 Å². The lowest BCUT2D eigenvalue weighted by Gasteiger charge is -2.08. The summed E-state index contributed by atoms with van der Waals surface area (Å²) < 4.78 is 0. The van der Waals surface area contributed by atoms with Gasteiger partial charge in [0.2, 0.25) is 0 Å². The van der Waals surface area contributed by atoms with Gasteiger partial charge < -0.3 is 0 Å². The fraction of sp³-hybridized carbons (Fsp3) is 0. The van der Waals surface area contributed by atoms with Crippen molar-refractivity contribution in [1.82, 2.24) is 9.97 Å². The van der Waals surface area contributed by atoms with E-state index in [2.05, 4.69) is 28.2 Å². The third-order valence-corrected chi connectivity index (χ3v) is 3.10. The van der Waals surface area contributed by atoms with Gasteiger partial charge in [0.05, 0.1) is 11.0 Å². The molecule has 0 amide bonds.